The summed E-state index contributed by atoms with van der Waals surface area (Å²) in [6.45, 7) is 5.40. The first-order chi connectivity index (χ1) is 8.13. The van der Waals surface area contributed by atoms with E-state index < -0.39 is 0 Å². The number of ether oxygens (including phenoxy) is 1. The van der Waals surface area contributed by atoms with Gasteiger partial charge in [0.1, 0.15) is 0 Å². The Labute approximate surface area is 105 Å². The van der Waals surface area contributed by atoms with Crippen LogP contribution in [0.5, 0.6) is 0 Å². The van der Waals surface area contributed by atoms with E-state index in [0.717, 1.165) is 25.7 Å². The van der Waals surface area contributed by atoms with E-state index in [1.807, 2.05) is 6.92 Å². The van der Waals surface area contributed by atoms with Gasteiger partial charge in [0.25, 0.3) is 0 Å². The van der Waals surface area contributed by atoms with Crippen LogP contribution in [0, 0.1) is 5.92 Å². The molecule has 0 fully saturated rings. The maximum Gasteiger partial charge on any atom is 0.220 e. The molecule has 1 amide bonds. The molecule has 0 heterocycles. The zero-order valence-electron chi connectivity index (χ0n) is 11.5. The van der Waals surface area contributed by atoms with E-state index in [9.17, 15) is 4.79 Å². The van der Waals surface area contributed by atoms with Gasteiger partial charge in [0, 0.05) is 19.6 Å². The molecule has 0 aromatic rings. The maximum absolute atomic E-state index is 11.6. The molecule has 17 heavy (non-hydrogen) atoms. The molecular weight excluding hydrogens is 216 g/mol. The first-order valence-electron chi connectivity index (χ1n) is 6.62. The molecule has 3 N–H and O–H groups in total. The van der Waals surface area contributed by atoms with Crippen LogP contribution in [0.3, 0.4) is 0 Å². The molecule has 0 aliphatic rings. The number of carbonyl (C=O) groups excluding carboxylic acids is 1. The third kappa shape index (κ3) is 9.12. The summed E-state index contributed by atoms with van der Waals surface area (Å²) in [5, 5.41) is 2.93. The van der Waals surface area contributed by atoms with E-state index in [-0.39, 0.29) is 11.9 Å². The van der Waals surface area contributed by atoms with Gasteiger partial charge in [-0.25, -0.2) is 0 Å². The summed E-state index contributed by atoms with van der Waals surface area (Å²) < 4.78 is 4.98. The van der Waals surface area contributed by atoms with E-state index >= 15 is 0 Å². The number of methoxy groups -OCH3 is 1. The fraction of sp³-hybridized carbons (Fsp3) is 0.923. The van der Waals surface area contributed by atoms with Crippen molar-refractivity contribution in [1.82, 2.24) is 5.32 Å². The van der Waals surface area contributed by atoms with Crippen LogP contribution in [0.1, 0.15) is 46.0 Å². The van der Waals surface area contributed by atoms with Crippen LogP contribution in [-0.2, 0) is 9.53 Å². The lowest BCUT2D eigenvalue weighted by Gasteiger charge is -2.16. The second kappa shape index (κ2) is 10.5. The third-order valence-corrected chi connectivity index (χ3v) is 2.88. The molecule has 4 nitrogen and oxygen atoms in total. The molecule has 2 atom stereocenters. The van der Waals surface area contributed by atoms with Crippen molar-refractivity contribution in [2.45, 2.75) is 52.0 Å². The molecule has 0 aromatic carbocycles. The fourth-order valence-electron chi connectivity index (χ4n) is 2.05. The highest BCUT2D eigenvalue weighted by atomic mass is 16.5. The molecule has 0 rings (SSSR count). The van der Waals surface area contributed by atoms with Crippen molar-refractivity contribution in [3.8, 4) is 0 Å². The van der Waals surface area contributed by atoms with Crippen LogP contribution >= 0.6 is 0 Å². The minimum absolute atomic E-state index is 0.0895. The van der Waals surface area contributed by atoms with E-state index in [4.69, 9.17) is 10.5 Å². The molecule has 4 heteroatoms. The molecule has 0 aliphatic heterocycles. The van der Waals surface area contributed by atoms with Gasteiger partial charge in [-0.1, -0.05) is 19.8 Å². The first kappa shape index (κ1) is 16.4. The number of nitrogens with one attached hydrogen (secondary N) is 1. The van der Waals surface area contributed by atoms with E-state index in [1.165, 1.54) is 0 Å². The zero-order chi connectivity index (χ0) is 13.1. The summed E-state index contributed by atoms with van der Waals surface area (Å²) >= 11 is 0. The second-order valence-electron chi connectivity index (χ2n) is 4.69. The Balaban J connectivity index is 3.78. The lowest BCUT2D eigenvalue weighted by atomic mass is 9.94. The predicted molar refractivity (Wildman–Crippen MR) is 70.8 cm³/mol. The van der Waals surface area contributed by atoms with E-state index in [2.05, 4.69) is 12.2 Å². The summed E-state index contributed by atoms with van der Waals surface area (Å²) in [6.07, 6.45) is 4.88. The van der Waals surface area contributed by atoms with Crippen LogP contribution < -0.4 is 11.1 Å². The van der Waals surface area contributed by atoms with Crippen LogP contribution in [0.25, 0.3) is 0 Å². The highest BCUT2D eigenvalue weighted by Crippen LogP contribution is 2.16. The van der Waals surface area contributed by atoms with Gasteiger partial charge < -0.3 is 15.8 Å². The van der Waals surface area contributed by atoms with Crippen molar-refractivity contribution in [3.63, 3.8) is 0 Å². The zero-order valence-corrected chi connectivity index (χ0v) is 11.5. The minimum Gasteiger partial charge on any atom is -0.383 e. The largest absolute Gasteiger partial charge is 0.383 e. The maximum atomic E-state index is 11.6. The number of rotatable bonds is 10. The quantitative estimate of drug-likeness (QED) is 0.614. The predicted octanol–water partition coefficient (Wildman–Crippen LogP) is 1.68. The molecular formula is C13H28N2O2. The van der Waals surface area contributed by atoms with Gasteiger partial charge in [-0.3, -0.25) is 4.79 Å². The molecule has 0 aliphatic carbocycles. The third-order valence-electron chi connectivity index (χ3n) is 2.88. The Bertz CT molecular complexity index is 192. The van der Waals surface area contributed by atoms with Crippen LogP contribution in [-0.4, -0.2) is 32.2 Å². The van der Waals surface area contributed by atoms with Crippen molar-refractivity contribution in [2.75, 3.05) is 20.3 Å². The normalized spacial score (nSPS) is 14.4. The highest BCUT2D eigenvalue weighted by Gasteiger charge is 2.11. The molecule has 0 saturated heterocycles. The van der Waals surface area contributed by atoms with E-state index in [0.29, 0.717) is 25.5 Å². The lowest BCUT2D eigenvalue weighted by Crippen LogP contribution is -2.35. The van der Waals surface area contributed by atoms with Crippen LogP contribution in [0.4, 0.5) is 0 Å². The lowest BCUT2D eigenvalue weighted by molar-refractivity contribution is -0.122. The molecule has 2 unspecified atom stereocenters. The first-order valence-corrected chi connectivity index (χ1v) is 6.62. The van der Waals surface area contributed by atoms with Crippen molar-refractivity contribution in [2.24, 2.45) is 11.7 Å². The molecule has 0 saturated carbocycles. The van der Waals surface area contributed by atoms with Gasteiger partial charge >= 0.3 is 0 Å². The number of nitrogens with two attached hydrogens (primary N) is 1. The SMILES string of the molecule is CCCC(CCN)CCC(=O)NC(C)COC. The Hall–Kier alpha value is -0.610. The van der Waals surface area contributed by atoms with Crippen molar-refractivity contribution >= 4 is 5.91 Å². The van der Waals surface area contributed by atoms with Crippen molar-refractivity contribution in [1.29, 1.82) is 0 Å². The Morgan fingerprint density at radius 2 is 2.06 bits per heavy atom. The summed E-state index contributed by atoms with van der Waals surface area (Å²) in [4.78, 5) is 11.6. The molecule has 0 aromatic heterocycles. The molecule has 102 valence electrons. The second-order valence-corrected chi connectivity index (χ2v) is 4.69. The smallest absolute Gasteiger partial charge is 0.220 e. The number of hydrogen-bond donors (Lipinski definition) is 2. The molecule has 0 bridgehead atoms. The van der Waals surface area contributed by atoms with Gasteiger partial charge in [-0.05, 0) is 32.2 Å². The van der Waals surface area contributed by atoms with Crippen molar-refractivity contribution in [3.05, 3.63) is 0 Å². The molecule has 0 spiro atoms. The molecule has 0 radical (unpaired) electrons. The fourth-order valence-corrected chi connectivity index (χ4v) is 2.05. The highest BCUT2D eigenvalue weighted by molar-refractivity contribution is 5.76. The van der Waals surface area contributed by atoms with Gasteiger partial charge in [0.2, 0.25) is 5.91 Å². The average Bonchev–Trinajstić information content (AvgIpc) is 2.27. The standard InChI is InChI=1S/C13H28N2O2/c1-4-5-12(8-9-14)6-7-13(16)15-11(2)10-17-3/h11-12H,4-10,14H2,1-3H3,(H,15,16). The number of carbonyl (C=O) groups is 1. The summed E-state index contributed by atoms with van der Waals surface area (Å²) in [5.74, 6) is 0.709. The van der Waals surface area contributed by atoms with Gasteiger partial charge in [-0.2, -0.15) is 0 Å². The Morgan fingerprint density at radius 3 is 2.59 bits per heavy atom. The van der Waals surface area contributed by atoms with Gasteiger partial charge in [0.15, 0.2) is 0 Å². The number of hydrogen-bond acceptors (Lipinski definition) is 3. The number of amides is 1. The van der Waals surface area contributed by atoms with Crippen LogP contribution in [0.2, 0.25) is 0 Å². The monoisotopic (exact) mass is 244 g/mol. The van der Waals surface area contributed by atoms with E-state index in [1.54, 1.807) is 7.11 Å². The van der Waals surface area contributed by atoms with Crippen molar-refractivity contribution < 1.29 is 9.53 Å². The topological polar surface area (TPSA) is 64.4 Å². The summed E-state index contributed by atoms with van der Waals surface area (Å²) in [6, 6.07) is 0.0895. The minimum atomic E-state index is 0.0895. The van der Waals surface area contributed by atoms with Gasteiger partial charge in [0.05, 0.1) is 6.61 Å². The van der Waals surface area contributed by atoms with Crippen LogP contribution in [0.15, 0.2) is 0 Å². The summed E-state index contributed by atoms with van der Waals surface area (Å²) in [5.41, 5.74) is 5.57. The van der Waals surface area contributed by atoms with Gasteiger partial charge in [-0.15, -0.1) is 0 Å². The summed E-state index contributed by atoms with van der Waals surface area (Å²) in [7, 11) is 1.64. The Kier molecular flexibility index (Phi) is 10.2. The Morgan fingerprint density at radius 1 is 1.35 bits per heavy atom. The average molecular weight is 244 g/mol.